The fraction of sp³-hybridized carbons (Fsp3) is 0.722. The van der Waals surface area contributed by atoms with E-state index in [9.17, 15) is 16.8 Å². The molecule has 0 atom stereocenters. The van der Waals surface area contributed by atoms with Gasteiger partial charge in [0.05, 0.1) is 22.5 Å². The predicted molar refractivity (Wildman–Crippen MR) is 234 cm³/mol. The molecule has 0 fully saturated rings. The van der Waals surface area contributed by atoms with Crippen LogP contribution >= 0.6 is 77.2 Å². The second kappa shape index (κ2) is 23.3. The van der Waals surface area contributed by atoms with Gasteiger partial charge in [0.1, 0.15) is 5.52 Å². The highest BCUT2D eigenvalue weighted by Gasteiger charge is 2.30. The Bertz CT molecular complexity index is 1640. The third-order valence-corrected chi connectivity index (χ3v) is 19.7. The van der Waals surface area contributed by atoms with Crippen LogP contribution in [0.4, 0.5) is 0 Å². The highest BCUT2D eigenvalue weighted by atomic mass is 79.9. The summed E-state index contributed by atoms with van der Waals surface area (Å²) in [5.74, 6) is 0. The first-order valence-corrected chi connectivity index (χ1v) is 26.7. The first-order chi connectivity index (χ1) is 24.8. The molecule has 0 aliphatic rings. The lowest BCUT2D eigenvalue weighted by Gasteiger charge is -2.20. The molecule has 0 aromatic carbocycles. The molecule has 0 spiro atoms. The van der Waals surface area contributed by atoms with Crippen LogP contribution in [0.5, 0.6) is 0 Å². The number of hydrogen-bond acceptors (Lipinski definition) is 10. The van der Waals surface area contributed by atoms with Crippen molar-refractivity contribution >= 4 is 118 Å². The highest BCUT2D eigenvalue weighted by Crippen LogP contribution is 2.43. The van der Waals surface area contributed by atoms with Crippen LogP contribution < -0.4 is 0 Å². The lowest BCUT2D eigenvalue weighted by atomic mass is 10.2. The van der Waals surface area contributed by atoms with E-state index in [2.05, 4.69) is 69.5 Å². The maximum absolute atomic E-state index is 13.2. The minimum atomic E-state index is -3.54. The average Bonchev–Trinajstić information content (AvgIpc) is 3.88. The first-order valence-electron chi connectivity index (χ1n) is 18.9. The van der Waals surface area contributed by atoms with Crippen molar-refractivity contribution in [2.75, 3.05) is 26.2 Å². The average molecular weight is 963 g/mol. The van der Waals surface area contributed by atoms with E-state index in [1.54, 1.807) is 19.9 Å². The number of sulfonamides is 2. The molecule has 52 heavy (non-hydrogen) atoms. The van der Waals surface area contributed by atoms with E-state index < -0.39 is 20.0 Å². The quantitative estimate of drug-likeness (QED) is 0.0649. The van der Waals surface area contributed by atoms with Crippen LogP contribution in [-0.4, -0.2) is 61.6 Å². The van der Waals surface area contributed by atoms with Gasteiger partial charge in [-0.05, 0) is 71.4 Å². The molecule has 0 saturated heterocycles. The number of halogens is 2. The van der Waals surface area contributed by atoms with Gasteiger partial charge in [-0.25, -0.2) is 26.8 Å². The molecular formula is C36H58Br2N4O4S6. The Morgan fingerprint density at radius 3 is 1.23 bits per heavy atom. The number of thiazole rings is 2. The lowest BCUT2D eigenvalue weighted by molar-refractivity contribution is 0.385. The molecule has 0 unspecified atom stereocenters. The third kappa shape index (κ3) is 13.0. The van der Waals surface area contributed by atoms with Gasteiger partial charge in [-0.3, -0.25) is 0 Å². The Labute approximate surface area is 346 Å². The van der Waals surface area contributed by atoms with E-state index in [0.717, 1.165) is 140 Å². The Morgan fingerprint density at radius 2 is 0.865 bits per heavy atom. The summed E-state index contributed by atoms with van der Waals surface area (Å²) in [6.07, 6.45) is 17.2. The van der Waals surface area contributed by atoms with Gasteiger partial charge in [0, 0.05) is 35.9 Å². The van der Waals surface area contributed by atoms with Crippen molar-refractivity contribution in [3.8, 4) is 0 Å². The van der Waals surface area contributed by atoms with E-state index in [1.165, 1.54) is 34.0 Å². The van der Waals surface area contributed by atoms with E-state index in [0.29, 0.717) is 26.2 Å². The molecule has 4 aromatic rings. The molecule has 0 N–H and O–H groups in total. The topological polar surface area (TPSA) is 101 Å². The van der Waals surface area contributed by atoms with Crippen LogP contribution in [-0.2, 0) is 20.0 Å². The van der Waals surface area contributed by atoms with Gasteiger partial charge in [-0.15, -0.1) is 34.0 Å². The maximum atomic E-state index is 13.2. The summed E-state index contributed by atoms with van der Waals surface area (Å²) in [7, 11) is -7.03. The zero-order valence-electron chi connectivity index (χ0n) is 31.8. The maximum Gasteiger partial charge on any atom is 0.270 e. The standard InChI is InChI=1S/C19H32N2O2S3.C17H26Br2N2O2S3/c1-5-7-9-11-13-21(14-12-10-8-6-2)26(22,23)19-20-17-15(3)24-16(4)18(17)25-19;1-3-5-7-9-11-21(12-10-8-6-4-2)26(22,23)17-20-13-14(24-17)16(19)25-15(13)18/h5-14H2,1-4H3;3-12H2,1-2H3. The van der Waals surface area contributed by atoms with Gasteiger partial charge in [0.2, 0.25) is 8.68 Å². The number of rotatable bonds is 24. The molecule has 4 aromatic heterocycles. The molecule has 4 rings (SSSR count). The number of aromatic nitrogens is 2. The van der Waals surface area contributed by atoms with Crippen molar-refractivity contribution < 1.29 is 16.8 Å². The smallest absolute Gasteiger partial charge is 0.223 e. The van der Waals surface area contributed by atoms with Crippen LogP contribution in [0.3, 0.4) is 0 Å². The number of nitrogens with zero attached hydrogens (tertiary/aromatic N) is 4. The summed E-state index contributed by atoms with van der Waals surface area (Å²) in [6.45, 7) is 15.1. The van der Waals surface area contributed by atoms with E-state index in [4.69, 9.17) is 0 Å². The van der Waals surface area contributed by atoms with Gasteiger partial charge in [-0.1, -0.05) is 116 Å². The highest BCUT2D eigenvalue weighted by molar-refractivity contribution is 9.12. The largest absolute Gasteiger partial charge is 0.270 e. The second-order valence-electron chi connectivity index (χ2n) is 13.2. The Hall–Kier alpha value is -0.0400. The Morgan fingerprint density at radius 1 is 0.481 bits per heavy atom. The third-order valence-electron chi connectivity index (χ3n) is 8.88. The van der Waals surface area contributed by atoms with Crippen molar-refractivity contribution in [1.29, 1.82) is 0 Å². The van der Waals surface area contributed by atoms with Crippen molar-refractivity contribution in [2.45, 2.75) is 153 Å². The van der Waals surface area contributed by atoms with Gasteiger partial charge >= 0.3 is 0 Å². The summed E-state index contributed by atoms with van der Waals surface area (Å²) >= 11 is 12.8. The molecule has 0 bridgehead atoms. The molecule has 296 valence electrons. The van der Waals surface area contributed by atoms with Crippen molar-refractivity contribution in [3.63, 3.8) is 0 Å². The van der Waals surface area contributed by atoms with Crippen LogP contribution in [0.25, 0.3) is 20.4 Å². The van der Waals surface area contributed by atoms with Crippen molar-refractivity contribution in [3.05, 3.63) is 17.3 Å². The van der Waals surface area contributed by atoms with Gasteiger partial charge in [-0.2, -0.15) is 8.61 Å². The lowest BCUT2D eigenvalue weighted by Crippen LogP contribution is -2.33. The zero-order valence-corrected chi connectivity index (χ0v) is 39.8. The molecule has 16 heteroatoms. The molecule has 0 radical (unpaired) electrons. The molecule has 0 amide bonds. The van der Waals surface area contributed by atoms with Crippen LogP contribution in [0.2, 0.25) is 0 Å². The zero-order chi connectivity index (χ0) is 38.3. The van der Waals surface area contributed by atoms with Gasteiger partial charge < -0.3 is 0 Å². The minimum absolute atomic E-state index is 0.211. The van der Waals surface area contributed by atoms with E-state index >= 15 is 0 Å². The SMILES string of the molecule is CCCCCCN(CCCCCC)S(=O)(=O)c1nc2c(Br)sc(Br)c2s1.CCCCCCN(CCCCCC)S(=O)(=O)c1nc2c(C)sc(C)c2s1. The van der Waals surface area contributed by atoms with Crippen LogP contribution in [0, 0.1) is 13.8 Å². The van der Waals surface area contributed by atoms with Gasteiger partial charge in [0.15, 0.2) is 0 Å². The fourth-order valence-corrected chi connectivity index (χ4v) is 16.1. The number of fused-ring (bicyclic) bond motifs is 2. The fourth-order valence-electron chi connectivity index (χ4n) is 5.85. The number of aryl methyl sites for hydroxylation is 2. The number of hydrogen-bond donors (Lipinski definition) is 0. The second-order valence-corrected chi connectivity index (χ2v) is 24.5. The molecule has 0 aliphatic heterocycles. The van der Waals surface area contributed by atoms with E-state index in [-0.39, 0.29) is 8.68 Å². The number of thiophene rings is 2. The Kier molecular flexibility index (Phi) is 20.7. The normalized spacial score (nSPS) is 12.5. The number of unbranched alkanes of at least 4 members (excludes halogenated alkanes) is 12. The first kappa shape index (κ1) is 46.3. The monoisotopic (exact) mass is 960 g/mol. The summed E-state index contributed by atoms with van der Waals surface area (Å²) in [4.78, 5) is 11.2. The predicted octanol–water partition coefficient (Wildman–Crippen LogP) is 13.2. The van der Waals surface area contributed by atoms with Crippen LogP contribution in [0.15, 0.2) is 16.3 Å². The Balaban J connectivity index is 0.000000280. The summed E-state index contributed by atoms with van der Waals surface area (Å²) < 4.78 is 60.4. The molecule has 4 heterocycles. The molecular weight excluding hydrogens is 905 g/mol. The molecule has 0 saturated carbocycles. The van der Waals surface area contributed by atoms with Crippen LogP contribution in [0.1, 0.15) is 140 Å². The summed E-state index contributed by atoms with van der Waals surface area (Å²) in [5, 5.41) is 0. The minimum Gasteiger partial charge on any atom is -0.223 e. The summed E-state index contributed by atoms with van der Waals surface area (Å²) in [6, 6.07) is 0. The van der Waals surface area contributed by atoms with Crippen molar-refractivity contribution in [2.24, 2.45) is 0 Å². The van der Waals surface area contributed by atoms with E-state index in [1.807, 2.05) is 13.8 Å². The summed E-state index contributed by atoms with van der Waals surface area (Å²) in [5.41, 5.74) is 1.61. The van der Waals surface area contributed by atoms with Crippen molar-refractivity contribution in [1.82, 2.24) is 18.6 Å². The molecule has 0 aliphatic carbocycles. The van der Waals surface area contributed by atoms with Gasteiger partial charge in [0.25, 0.3) is 20.0 Å². The molecule has 8 nitrogen and oxygen atoms in total.